The number of phenols is 1. The minimum atomic E-state index is -0.114. The van der Waals surface area contributed by atoms with Crippen LogP contribution in [0.5, 0.6) is 5.75 Å². The molecule has 0 saturated carbocycles. The molecule has 0 unspecified atom stereocenters. The minimum Gasteiger partial charge on any atom is -0.508 e. The first-order chi connectivity index (χ1) is 10.7. The third-order valence-corrected chi connectivity index (χ3v) is 4.67. The summed E-state index contributed by atoms with van der Waals surface area (Å²) in [6, 6.07) is 13.4. The quantitative estimate of drug-likeness (QED) is 0.811. The molecule has 2 heterocycles. The summed E-state index contributed by atoms with van der Waals surface area (Å²) in [4.78, 5) is 0. The van der Waals surface area contributed by atoms with E-state index in [1.54, 1.807) is 12.1 Å². The van der Waals surface area contributed by atoms with E-state index >= 15 is 0 Å². The van der Waals surface area contributed by atoms with Crippen molar-refractivity contribution in [2.24, 2.45) is 0 Å². The van der Waals surface area contributed by atoms with Crippen molar-refractivity contribution in [3.63, 3.8) is 0 Å². The van der Waals surface area contributed by atoms with E-state index in [2.05, 4.69) is 27.3 Å². The van der Waals surface area contributed by atoms with Gasteiger partial charge in [-0.3, -0.25) is 0 Å². The van der Waals surface area contributed by atoms with E-state index in [1.165, 1.54) is 0 Å². The molecule has 2 aromatic rings. The van der Waals surface area contributed by atoms with Crippen molar-refractivity contribution in [3.05, 3.63) is 58.1 Å². The number of anilines is 1. The highest BCUT2D eigenvalue weighted by atomic mass is 79.9. The highest BCUT2D eigenvalue weighted by Gasteiger charge is 2.41. The second-order valence-electron chi connectivity index (χ2n) is 5.58. The molecule has 0 aromatic heterocycles. The number of rotatable bonds is 1. The maximum absolute atomic E-state index is 9.77. The first kappa shape index (κ1) is 14.1. The fourth-order valence-corrected chi connectivity index (χ4v) is 3.60. The minimum absolute atomic E-state index is 0.0499. The number of aromatic hydroxyl groups is 1. The lowest BCUT2D eigenvalue weighted by Crippen LogP contribution is -2.43. The Bertz CT molecular complexity index is 706. The molecule has 2 aliphatic heterocycles. The average Bonchev–Trinajstić information content (AvgIpc) is 2.54. The lowest BCUT2D eigenvalue weighted by molar-refractivity contribution is -0.151. The Labute approximate surface area is 137 Å². The van der Waals surface area contributed by atoms with Gasteiger partial charge in [0.1, 0.15) is 18.0 Å². The van der Waals surface area contributed by atoms with Gasteiger partial charge in [0.05, 0.1) is 19.3 Å². The number of hydrogen-bond acceptors (Lipinski definition) is 4. The molecule has 22 heavy (non-hydrogen) atoms. The molecule has 4 nitrogen and oxygen atoms in total. The van der Waals surface area contributed by atoms with Crippen LogP contribution in [0.3, 0.4) is 0 Å². The van der Waals surface area contributed by atoms with Gasteiger partial charge in [-0.2, -0.15) is 0 Å². The van der Waals surface area contributed by atoms with Crippen molar-refractivity contribution in [3.8, 4) is 5.75 Å². The topological polar surface area (TPSA) is 50.7 Å². The highest BCUT2D eigenvalue weighted by Crippen LogP contribution is 2.45. The molecule has 0 bridgehead atoms. The zero-order valence-electron chi connectivity index (χ0n) is 11.8. The fourth-order valence-electron chi connectivity index (χ4n) is 3.22. The van der Waals surface area contributed by atoms with Crippen LogP contribution < -0.4 is 5.32 Å². The summed E-state index contributed by atoms with van der Waals surface area (Å²) in [7, 11) is 0. The van der Waals surface area contributed by atoms with E-state index in [0.29, 0.717) is 13.2 Å². The first-order valence-electron chi connectivity index (χ1n) is 7.30. The third-order valence-electron chi connectivity index (χ3n) is 4.18. The summed E-state index contributed by atoms with van der Waals surface area (Å²) < 4.78 is 13.0. The predicted molar refractivity (Wildman–Crippen MR) is 87.0 cm³/mol. The van der Waals surface area contributed by atoms with Crippen LogP contribution in [-0.4, -0.2) is 24.4 Å². The molecule has 1 fully saturated rings. The van der Waals surface area contributed by atoms with Crippen LogP contribution in [0.4, 0.5) is 5.69 Å². The van der Waals surface area contributed by atoms with Gasteiger partial charge in [0.15, 0.2) is 0 Å². The van der Waals surface area contributed by atoms with Gasteiger partial charge in [0.25, 0.3) is 0 Å². The molecule has 114 valence electrons. The molecule has 2 aromatic carbocycles. The Hall–Kier alpha value is -1.56. The van der Waals surface area contributed by atoms with E-state index in [0.717, 1.165) is 21.3 Å². The normalized spacial score (nSPS) is 26.7. The lowest BCUT2D eigenvalue weighted by atomic mass is 9.87. The van der Waals surface area contributed by atoms with E-state index in [-0.39, 0.29) is 24.0 Å². The molecule has 0 aliphatic carbocycles. The van der Waals surface area contributed by atoms with Crippen LogP contribution >= 0.6 is 15.9 Å². The van der Waals surface area contributed by atoms with Crippen molar-refractivity contribution < 1.29 is 14.6 Å². The molecule has 4 rings (SSSR count). The average molecular weight is 362 g/mol. The Kier molecular flexibility index (Phi) is 3.56. The molecule has 3 atom stereocenters. The standard InChI is InChI=1S/C17H16BrNO3/c18-11-4-5-14-13(9-11)16-17(22-7-6-21-16)15(19-14)10-2-1-3-12(20)8-10/h1-5,8-9,15-17,19-20H,6-7H2/t15-,16+,17-/m0/s1. The zero-order valence-corrected chi connectivity index (χ0v) is 13.4. The number of fused-ring (bicyclic) bond motifs is 3. The van der Waals surface area contributed by atoms with Gasteiger partial charge in [-0.15, -0.1) is 0 Å². The maximum Gasteiger partial charge on any atom is 0.115 e. The summed E-state index contributed by atoms with van der Waals surface area (Å²) in [5.74, 6) is 0.259. The number of ether oxygens (including phenoxy) is 2. The molecule has 0 spiro atoms. The Morgan fingerprint density at radius 2 is 1.95 bits per heavy atom. The van der Waals surface area contributed by atoms with E-state index < -0.39 is 0 Å². The van der Waals surface area contributed by atoms with Crippen molar-refractivity contribution >= 4 is 21.6 Å². The largest absolute Gasteiger partial charge is 0.508 e. The van der Waals surface area contributed by atoms with E-state index in [4.69, 9.17) is 9.47 Å². The molecule has 0 amide bonds. The molecular weight excluding hydrogens is 346 g/mol. The van der Waals surface area contributed by atoms with E-state index in [9.17, 15) is 5.11 Å². The molecule has 1 saturated heterocycles. The number of hydrogen-bond donors (Lipinski definition) is 2. The summed E-state index contributed by atoms with van der Waals surface area (Å²) >= 11 is 3.52. The Morgan fingerprint density at radius 1 is 1.09 bits per heavy atom. The zero-order chi connectivity index (χ0) is 15.1. The van der Waals surface area contributed by atoms with E-state index in [1.807, 2.05) is 24.3 Å². The van der Waals surface area contributed by atoms with Crippen molar-refractivity contribution in [2.45, 2.75) is 18.2 Å². The molecule has 2 N–H and O–H groups in total. The number of benzene rings is 2. The number of halogens is 1. The maximum atomic E-state index is 9.77. The van der Waals surface area contributed by atoms with Gasteiger partial charge in [-0.05, 0) is 35.9 Å². The first-order valence-corrected chi connectivity index (χ1v) is 8.10. The summed E-state index contributed by atoms with van der Waals surface area (Å²) in [6.45, 7) is 1.18. The smallest absolute Gasteiger partial charge is 0.115 e. The summed E-state index contributed by atoms with van der Waals surface area (Å²) in [5.41, 5.74) is 3.15. The Balaban J connectivity index is 1.79. The van der Waals surface area contributed by atoms with Gasteiger partial charge < -0.3 is 19.9 Å². The summed E-state index contributed by atoms with van der Waals surface area (Å²) in [6.07, 6.45) is -0.216. The second-order valence-corrected chi connectivity index (χ2v) is 6.49. The third kappa shape index (κ3) is 2.39. The summed E-state index contributed by atoms with van der Waals surface area (Å²) in [5, 5.41) is 13.3. The molecule has 0 radical (unpaired) electrons. The van der Waals surface area contributed by atoms with Crippen LogP contribution in [0.2, 0.25) is 0 Å². The lowest BCUT2D eigenvalue weighted by Gasteiger charge is -2.43. The van der Waals surface area contributed by atoms with Crippen molar-refractivity contribution in [1.29, 1.82) is 0 Å². The highest BCUT2D eigenvalue weighted by molar-refractivity contribution is 9.10. The number of phenolic OH excluding ortho intramolecular Hbond substituents is 1. The van der Waals surface area contributed by atoms with Crippen LogP contribution in [-0.2, 0) is 9.47 Å². The molecule has 2 aliphatic rings. The molecular formula is C17H16BrNO3. The number of nitrogens with one attached hydrogen (secondary N) is 1. The van der Waals surface area contributed by atoms with Gasteiger partial charge in [0, 0.05) is 15.7 Å². The van der Waals surface area contributed by atoms with Gasteiger partial charge in [0.2, 0.25) is 0 Å². The van der Waals surface area contributed by atoms with Gasteiger partial charge in [-0.1, -0.05) is 28.1 Å². The van der Waals surface area contributed by atoms with Crippen molar-refractivity contribution in [1.82, 2.24) is 0 Å². The van der Waals surface area contributed by atoms with Crippen LogP contribution in [0.1, 0.15) is 23.3 Å². The van der Waals surface area contributed by atoms with Crippen molar-refractivity contribution in [2.75, 3.05) is 18.5 Å². The fraction of sp³-hybridized carbons (Fsp3) is 0.294. The van der Waals surface area contributed by atoms with Gasteiger partial charge in [-0.25, -0.2) is 0 Å². The SMILES string of the molecule is Oc1cccc([C@@H]2Nc3ccc(Br)cc3[C@H]3OCCO[C@H]32)c1. The monoisotopic (exact) mass is 361 g/mol. The predicted octanol–water partition coefficient (Wildman–Crippen LogP) is 3.78. The molecule has 5 heteroatoms. The second kappa shape index (κ2) is 5.57. The van der Waals surface area contributed by atoms with Crippen LogP contribution in [0, 0.1) is 0 Å². The Morgan fingerprint density at radius 3 is 2.82 bits per heavy atom. The van der Waals surface area contributed by atoms with Gasteiger partial charge >= 0.3 is 0 Å². The van der Waals surface area contributed by atoms with Crippen LogP contribution in [0.15, 0.2) is 46.9 Å². The van der Waals surface area contributed by atoms with Crippen LogP contribution in [0.25, 0.3) is 0 Å².